The molecule has 1 aliphatic carbocycles. The van der Waals surface area contributed by atoms with Crippen molar-refractivity contribution in [2.24, 2.45) is 0 Å². The Hall–Kier alpha value is -1.16. The monoisotopic (exact) mass is 204 g/mol. The molecule has 2 aliphatic rings. The van der Waals surface area contributed by atoms with Crippen molar-refractivity contribution in [1.82, 2.24) is 15.3 Å². The van der Waals surface area contributed by atoms with E-state index in [2.05, 4.69) is 20.2 Å². The largest absolute Gasteiger partial charge is 0.366 e. The van der Waals surface area contributed by atoms with Crippen molar-refractivity contribution in [3.63, 3.8) is 0 Å². The Labute approximate surface area is 89.7 Å². The van der Waals surface area contributed by atoms with Crippen molar-refractivity contribution in [2.45, 2.75) is 18.8 Å². The maximum absolute atomic E-state index is 4.44. The highest BCUT2D eigenvalue weighted by molar-refractivity contribution is 5.42. The minimum Gasteiger partial charge on any atom is -0.366 e. The van der Waals surface area contributed by atoms with Crippen LogP contribution in [0.4, 0.5) is 5.69 Å². The predicted molar refractivity (Wildman–Crippen MR) is 59.1 cm³/mol. The fraction of sp³-hybridized carbons (Fsp3) is 0.636. The van der Waals surface area contributed by atoms with Crippen LogP contribution < -0.4 is 10.2 Å². The van der Waals surface area contributed by atoms with Crippen molar-refractivity contribution < 1.29 is 0 Å². The molecule has 1 aliphatic heterocycles. The van der Waals surface area contributed by atoms with Gasteiger partial charge in [0.15, 0.2) is 0 Å². The highest BCUT2D eigenvalue weighted by Crippen LogP contribution is 2.37. The summed E-state index contributed by atoms with van der Waals surface area (Å²) in [6, 6.07) is 0. The standard InChI is InChI=1S/C11H16N4/c1-2-9(1)11-13-7-10(8-14-11)15-5-3-12-4-6-15/h7-9,12H,1-6H2. The molecule has 0 amide bonds. The van der Waals surface area contributed by atoms with Crippen molar-refractivity contribution in [3.05, 3.63) is 18.2 Å². The molecule has 1 saturated carbocycles. The minimum absolute atomic E-state index is 0.655. The van der Waals surface area contributed by atoms with Gasteiger partial charge in [0, 0.05) is 32.1 Å². The van der Waals surface area contributed by atoms with Gasteiger partial charge in [-0.05, 0) is 12.8 Å². The summed E-state index contributed by atoms with van der Waals surface area (Å²) in [6.07, 6.45) is 6.50. The van der Waals surface area contributed by atoms with Crippen molar-refractivity contribution in [3.8, 4) is 0 Å². The van der Waals surface area contributed by atoms with Crippen molar-refractivity contribution in [1.29, 1.82) is 0 Å². The van der Waals surface area contributed by atoms with Crippen LogP contribution in [-0.4, -0.2) is 36.1 Å². The van der Waals surface area contributed by atoms with Crippen LogP contribution in [0.15, 0.2) is 12.4 Å². The maximum atomic E-state index is 4.44. The smallest absolute Gasteiger partial charge is 0.131 e. The van der Waals surface area contributed by atoms with Gasteiger partial charge in [-0.15, -0.1) is 0 Å². The maximum Gasteiger partial charge on any atom is 0.131 e. The molecule has 80 valence electrons. The van der Waals surface area contributed by atoms with Crippen LogP contribution in [0.3, 0.4) is 0 Å². The molecule has 1 saturated heterocycles. The van der Waals surface area contributed by atoms with E-state index in [1.165, 1.54) is 18.5 Å². The van der Waals surface area contributed by atoms with Crippen molar-refractivity contribution in [2.75, 3.05) is 31.1 Å². The zero-order valence-electron chi connectivity index (χ0n) is 8.82. The first-order valence-corrected chi connectivity index (χ1v) is 5.71. The summed E-state index contributed by atoms with van der Waals surface area (Å²) in [6.45, 7) is 4.24. The fourth-order valence-electron chi connectivity index (χ4n) is 1.97. The van der Waals surface area contributed by atoms with E-state index in [9.17, 15) is 0 Å². The highest BCUT2D eigenvalue weighted by atomic mass is 15.2. The predicted octanol–water partition coefficient (Wildman–Crippen LogP) is 0.764. The van der Waals surface area contributed by atoms with E-state index in [0.717, 1.165) is 32.0 Å². The fourth-order valence-corrected chi connectivity index (χ4v) is 1.97. The van der Waals surface area contributed by atoms with Crippen LogP contribution in [0.2, 0.25) is 0 Å². The number of hydrogen-bond donors (Lipinski definition) is 1. The van der Waals surface area contributed by atoms with E-state index in [0.29, 0.717) is 5.92 Å². The Balaban J connectivity index is 1.73. The van der Waals surface area contributed by atoms with Crippen LogP contribution in [0.5, 0.6) is 0 Å². The van der Waals surface area contributed by atoms with Gasteiger partial charge in [-0.1, -0.05) is 0 Å². The van der Waals surface area contributed by atoms with Crippen LogP contribution in [-0.2, 0) is 0 Å². The molecule has 1 N–H and O–H groups in total. The van der Waals surface area contributed by atoms with Gasteiger partial charge in [0.1, 0.15) is 5.82 Å². The first kappa shape index (κ1) is 9.09. The molecule has 2 heterocycles. The molecule has 3 rings (SSSR count). The summed E-state index contributed by atoms with van der Waals surface area (Å²) in [5.74, 6) is 1.69. The lowest BCUT2D eigenvalue weighted by atomic mass is 10.3. The van der Waals surface area contributed by atoms with Crippen LogP contribution in [0.25, 0.3) is 0 Å². The lowest BCUT2D eigenvalue weighted by molar-refractivity contribution is 0.587. The number of piperazine rings is 1. The molecule has 1 aromatic rings. The zero-order valence-corrected chi connectivity index (χ0v) is 8.82. The van der Waals surface area contributed by atoms with Gasteiger partial charge in [-0.3, -0.25) is 0 Å². The number of hydrogen-bond acceptors (Lipinski definition) is 4. The van der Waals surface area contributed by atoms with E-state index >= 15 is 0 Å². The molecule has 15 heavy (non-hydrogen) atoms. The zero-order chi connectivity index (χ0) is 10.1. The summed E-state index contributed by atoms with van der Waals surface area (Å²) >= 11 is 0. The van der Waals surface area contributed by atoms with Gasteiger partial charge in [0.2, 0.25) is 0 Å². The number of anilines is 1. The first-order valence-electron chi connectivity index (χ1n) is 5.71. The Morgan fingerprint density at radius 1 is 1.13 bits per heavy atom. The van der Waals surface area contributed by atoms with Gasteiger partial charge < -0.3 is 10.2 Å². The first-order chi connectivity index (χ1) is 7.43. The normalized spacial score (nSPS) is 21.7. The molecule has 0 radical (unpaired) electrons. The second-order valence-electron chi connectivity index (χ2n) is 4.31. The Kier molecular flexibility index (Phi) is 2.29. The van der Waals surface area contributed by atoms with Crippen molar-refractivity contribution >= 4 is 5.69 Å². The second-order valence-corrected chi connectivity index (χ2v) is 4.31. The summed E-state index contributed by atoms with van der Waals surface area (Å²) < 4.78 is 0. The SMILES string of the molecule is c1nc(C2CC2)ncc1N1CCNCC1. The third-order valence-corrected chi connectivity index (χ3v) is 3.08. The molecule has 0 bridgehead atoms. The lowest BCUT2D eigenvalue weighted by Gasteiger charge is -2.28. The summed E-state index contributed by atoms with van der Waals surface area (Å²) in [4.78, 5) is 11.2. The third kappa shape index (κ3) is 1.95. The lowest BCUT2D eigenvalue weighted by Crippen LogP contribution is -2.43. The second kappa shape index (κ2) is 3.77. The Morgan fingerprint density at radius 2 is 1.80 bits per heavy atom. The van der Waals surface area contributed by atoms with Crippen LogP contribution >= 0.6 is 0 Å². The summed E-state index contributed by atoms with van der Waals surface area (Å²) in [7, 11) is 0. The molecule has 0 spiro atoms. The number of rotatable bonds is 2. The van der Waals surface area contributed by atoms with E-state index in [-0.39, 0.29) is 0 Å². The van der Waals surface area contributed by atoms with Gasteiger partial charge in [-0.25, -0.2) is 9.97 Å². The minimum atomic E-state index is 0.655. The van der Waals surface area contributed by atoms with Gasteiger partial charge in [0.05, 0.1) is 18.1 Å². The van der Waals surface area contributed by atoms with Crippen LogP contribution in [0.1, 0.15) is 24.6 Å². The van der Waals surface area contributed by atoms with Gasteiger partial charge in [0.25, 0.3) is 0 Å². The molecule has 4 heteroatoms. The average Bonchev–Trinajstić information content (AvgIpc) is 3.15. The summed E-state index contributed by atoms with van der Waals surface area (Å²) in [5, 5.41) is 3.34. The van der Waals surface area contributed by atoms with E-state index in [1.807, 2.05) is 12.4 Å². The molecule has 2 fully saturated rings. The molecule has 0 atom stereocenters. The number of nitrogens with one attached hydrogen (secondary N) is 1. The topological polar surface area (TPSA) is 41.1 Å². The third-order valence-electron chi connectivity index (χ3n) is 3.08. The molecular formula is C11H16N4. The average molecular weight is 204 g/mol. The van der Waals surface area contributed by atoms with Crippen LogP contribution in [0, 0.1) is 0 Å². The van der Waals surface area contributed by atoms with E-state index in [4.69, 9.17) is 0 Å². The van der Waals surface area contributed by atoms with E-state index in [1.54, 1.807) is 0 Å². The quantitative estimate of drug-likeness (QED) is 0.772. The Bertz CT molecular complexity index is 325. The van der Waals surface area contributed by atoms with Gasteiger partial charge >= 0.3 is 0 Å². The molecular weight excluding hydrogens is 188 g/mol. The number of aromatic nitrogens is 2. The molecule has 4 nitrogen and oxygen atoms in total. The highest BCUT2D eigenvalue weighted by Gasteiger charge is 2.26. The molecule has 0 aromatic carbocycles. The Morgan fingerprint density at radius 3 is 2.40 bits per heavy atom. The molecule has 1 aromatic heterocycles. The number of nitrogens with zero attached hydrogens (tertiary/aromatic N) is 3. The molecule has 0 unspecified atom stereocenters. The van der Waals surface area contributed by atoms with E-state index < -0.39 is 0 Å². The summed E-state index contributed by atoms with van der Waals surface area (Å²) in [5.41, 5.74) is 1.17. The van der Waals surface area contributed by atoms with Gasteiger partial charge in [-0.2, -0.15) is 0 Å².